The molecule has 0 aromatic carbocycles. The van der Waals surface area contributed by atoms with Crippen LogP contribution in [-0.2, 0) is 4.74 Å². The summed E-state index contributed by atoms with van der Waals surface area (Å²) < 4.78 is 5.27. The molecule has 2 aliphatic carbocycles. The second kappa shape index (κ2) is 6.62. The summed E-state index contributed by atoms with van der Waals surface area (Å²) in [7, 11) is 1.89. The first-order valence-electron chi connectivity index (χ1n) is 8.03. The van der Waals surface area contributed by atoms with Gasteiger partial charge in [-0.25, -0.2) is 4.79 Å². The quantitative estimate of drug-likeness (QED) is 0.706. The average Bonchev–Trinajstić information content (AvgIpc) is 2.44. The third kappa shape index (κ3) is 3.24. The van der Waals surface area contributed by atoms with Gasteiger partial charge in [-0.3, -0.25) is 0 Å². The van der Waals surface area contributed by atoms with Gasteiger partial charge in [-0.1, -0.05) is 33.1 Å². The van der Waals surface area contributed by atoms with E-state index in [0.717, 1.165) is 37.1 Å². The fraction of sp³-hybridized carbons (Fsp3) is 0.938. The van der Waals surface area contributed by atoms with Crippen LogP contribution in [0.2, 0.25) is 0 Å². The van der Waals surface area contributed by atoms with Crippen molar-refractivity contribution in [2.75, 3.05) is 20.2 Å². The van der Waals surface area contributed by atoms with Gasteiger partial charge in [0.05, 0.1) is 6.61 Å². The number of hydrogen-bond acceptors (Lipinski definition) is 2. The molecule has 1 amide bonds. The molecule has 2 rings (SSSR count). The summed E-state index contributed by atoms with van der Waals surface area (Å²) in [5.74, 6) is 3.29. The third-order valence-corrected chi connectivity index (χ3v) is 5.30. The van der Waals surface area contributed by atoms with Crippen molar-refractivity contribution in [3.63, 3.8) is 0 Å². The minimum Gasteiger partial charge on any atom is -0.449 e. The lowest BCUT2D eigenvalue weighted by Gasteiger charge is -2.54. The smallest absolute Gasteiger partial charge is 0.409 e. The van der Waals surface area contributed by atoms with E-state index in [1.165, 1.54) is 25.7 Å². The van der Waals surface area contributed by atoms with E-state index in [1.54, 1.807) is 4.90 Å². The molecule has 0 aliphatic heterocycles. The molecule has 4 unspecified atom stereocenters. The van der Waals surface area contributed by atoms with Crippen molar-refractivity contribution in [1.29, 1.82) is 0 Å². The van der Waals surface area contributed by atoms with E-state index in [1.807, 2.05) is 7.05 Å². The molecular formula is C16H29NO2. The zero-order valence-electron chi connectivity index (χ0n) is 12.7. The summed E-state index contributed by atoms with van der Waals surface area (Å²) in [6.07, 6.45) is 7.47. The Hall–Kier alpha value is -0.730. The normalized spacial score (nSPS) is 33.2. The maximum Gasteiger partial charge on any atom is 0.409 e. The van der Waals surface area contributed by atoms with Crippen LogP contribution in [0.25, 0.3) is 0 Å². The van der Waals surface area contributed by atoms with Gasteiger partial charge in [-0.15, -0.1) is 0 Å². The summed E-state index contributed by atoms with van der Waals surface area (Å²) >= 11 is 0. The van der Waals surface area contributed by atoms with Gasteiger partial charge < -0.3 is 9.64 Å². The Morgan fingerprint density at radius 3 is 2.63 bits per heavy atom. The second-order valence-corrected chi connectivity index (χ2v) is 6.48. The Morgan fingerprint density at radius 2 is 1.95 bits per heavy atom. The first-order valence-corrected chi connectivity index (χ1v) is 8.03. The SMILES string of the molecule is CCCCOC(=O)N(C)CC1C(C)C2CCCCC21. The monoisotopic (exact) mass is 267 g/mol. The Bertz CT molecular complexity index is 305. The summed E-state index contributed by atoms with van der Waals surface area (Å²) in [5.41, 5.74) is 0. The minimum absolute atomic E-state index is 0.139. The van der Waals surface area contributed by atoms with E-state index in [0.29, 0.717) is 12.5 Å². The molecule has 4 atom stereocenters. The fourth-order valence-corrected chi connectivity index (χ4v) is 4.04. The highest BCUT2D eigenvalue weighted by atomic mass is 16.6. The minimum atomic E-state index is -0.139. The fourth-order valence-electron chi connectivity index (χ4n) is 4.04. The van der Waals surface area contributed by atoms with Crippen molar-refractivity contribution in [2.45, 2.75) is 52.4 Å². The first-order chi connectivity index (χ1) is 9.15. The lowest BCUT2D eigenvalue weighted by atomic mass is 9.52. The molecule has 0 N–H and O–H groups in total. The van der Waals surface area contributed by atoms with Gasteiger partial charge >= 0.3 is 6.09 Å². The van der Waals surface area contributed by atoms with Gasteiger partial charge in [0.25, 0.3) is 0 Å². The van der Waals surface area contributed by atoms with Crippen molar-refractivity contribution in [3.05, 3.63) is 0 Å². The van der Waals surface area contributed by atoms with E-state index < -0.39 is 0 Å². The van der Waals surface area contributed by atoms with Crippen LogP contribution in [0.15, 0.2) is 0 Å². The molecule has 0 heterocycles. The molecule has 2 aliphatic rings. The summed E-state index contributed by atoms with van der Waals surface area (Å²) in [5, 5.41) is 0. The maximum absolute atomic E-state index is 11.9. The number of rotatable bonds is 5. The van der Waals surface area contributed by atoms with Crippen LogP contribution in [0, 0.1) is 23.7 Å². The molecule has 110 valence electrons. The van der Waals surface area contributed by atoms with E-state index >= 15 is 0 Å². The molecule has 2 fully saturated rings. The van der Waals surface area contributed by atoms with Gasteiger partial charge in [-0.2, -0.15) is 0 Å². The van der Waals surface area contributed by atoms with Crippen LogP contribution in [-0.4, -0.2) is 31.2 Å². The van der Waals surface area contributed by atoms with Crippen molar-refractivity contribution in [1.82, 2.24) is 4.90 Å². The highest BCUT2D eigenvalue weighted by molar-refractivity contribution is 5.67. The largest absolute Gasteiger partial charge is 0.449 e. The van der Waals surface area contributed by atoms with E-state index in [-0.39, 0.29) is 6.09 Å². The Labute approximate surface area is 117 Å². The van der Waals surface area contributed by atoms with Crippen LogP contribution in [0.3, 0.4) is 0 Å². The molecule has 3 heteroatoms. The molecule has 0 spiro atoms. The lowest BCUT2D eigenvalue weighted by Crippen LogP contribution is -2.52. The van der Waals surface area contributed by atoms with E-state index in [4.69, 9.17) is 4.74 Å². The maximum atomic E-state index is 11.9. The molecule has 0 aromatic heterocycles. The number of ether oxygens (including phenoxy) is 1. The molecule has 19 heavy (non-hydrogen) atoms. The van der Waals surface area contributed by atoms with Gasteiger partial charge in [0.1, 0.15) is 0 Å². The molecular weight excluding hydrogens is 238 g/mol. The van der Waals surface area contributed by atoms with Gasteiger partial charge in [0.15, 0.2) is 0 Å². The molecule has 2 saturated carbocycles. The summed E-state index contributed by atoms with van der Waals surface area (Å²) in [6, 6.07) is 0. The lowest BCUT2D eigenvalue weighted by molar-refractivity contribution is -0.0544. The number of amides is 1. The number of carbonyl (C=O) groups is 1. The zero-order valence-corrected chi connectivity index (χ0v) is 12.7. The number of carbonyl (C=O) groups excluding carboxylic acids is 1. The standard InChI is InChI=1S/C16H29NO2/c1-4-5-10-19-16(18)17(3)11-15-12(2)13-8-6-7-9-14(13)15/h12-15H,4-11H2,1-3H3. The average molecular weight is 267 g/mol. The van der Waals surface area contributed by atoms with Crippen molar-refractivity contribution in [3.8, 4) is 0 Å². The van der Waals surface area contributed by atoms with Gasteiger partial charge in [-0.05, 0) is 42.9 Å². The van der Waals surface area contributed by atoms with Crippen LogP contribution < -0.4 is 0 Å². The molecule has 0 radical (unpaired) electrons. The number of hydrogen-bond donors (Lipinski definition) is 0. The van der Waals surface area contributed by atoms with Crippen LogP contribution in [0.1, 0.15) is 52.4 Å². The Morgan fingerprint density at radius 1 is 1.26 bits per heavy atom. The predicted molar refractivity (Wildman–Crippen MR) is 77.0 cm³/mol. The van der Waals surface area contributed by atoms with Crippen molar-refractivity contribution >= 4 is 6.09 Å². The van der Waals surface area contributed by atoms with Crippen molar-refractivity contribution in [2.24, 2.45) is 23.7 Å². The van der Waals surface area contributed by atoms with Gasteiger partial charge in [0.2, 0.25) is 0 Å². The number of unbranched alkanes of at least 4 members (excludes halogenated alkanes) is 1. The molecule has 0 saturated heterocycles. The number of nitrogens with zero attached hydrogens (tertiary/aromatic N) is 1. The molecule has 3 nitrogen and oxygen atoms in total. The van der Waals surface area contributed by atoms with Crippen LogP contribution >= 0.6 is 0 Å². The summed E-state index contributed by atoms with van der Waals surface area (Å²) in [4.78, 5) is 13.7. The van der Waals surface area contributed by atoms with Crippen LogP contribution in [0.4, 0.5) is 4.79 Å². The van der Waals surface area contributed by atoms with Gasteiger partial charge in [0, 0.05) is 13.6 Å². The number of fused-ring (bicyclic) bond motifs is 1. The zero-order chi connectivity index (χ0) is 13.8. The Kier molecular flexibility index (Phi) is 5.12. The van der Waals surface area contributed by atoms with E-state index in [2.05, 4.69) is 13.8 Å². The molecule has 0 aromatic rings. The molecule has 0 bridgehead atoms. The Balaban J connectivity index is 1.75. The summed E-state index contributed by atoms with van der Waals surface area (Å²) in [6.45, 7) is 5.92. The predicted octanol–water partition coefficient (Wildman–Crippen LogP) is 3.93. The third-order valence-electron chi connectivity index (χ3n) is 5.30. The highest BCUT2D eigenvalue weighted by Crippen LogP contribution is 2.53. The highest BCUT2D eigenvalue weighted by Gasteiger charge is 2.48. The van der Waals surface area contributed by atoms with E-state index in [9.17, 15) is 4.79 Å². The first kappa shape index (κ1) is 14.7. The second-order valence-electron chi connectivity index (χ2n) is 6.48. The van der Waals surface area contributed by atoms with Crippen LogP contribution in [0.5, 0.6) is 0 Å². The topological polar surface area (TPSA) is 29.5 Å². The van der Waals surface area contributed by atoms with Crippen molar-refractivity contribution < 1.29 is 9.53 Å².